The number of para-hydroxylation sites is 1. The molecule has 0 fully saturated rings. The number of hydrogen-bond acceptors (Lipinski definition) is 6. The van der Waals surface area contributed by atoms with Crippen LogP contribution in [-0.2, 0) is 7.05 Å². The van der Waals surface area contributed by atoms with Crippen molar-refractivity contribution < 1.29 is 4.79 Å². The summed E-state index contributed by atoms with van der Waals surface area (Å²) in [5.41, 5.74) is 10.1. The predicted molar refractivity (Wildman–Crippen MR) is 163 cm³/mol. The van der Waals surface area contributed by atoms with Gasteiger partial charge in [0.1, 0.15) is 11.4 Å². The van der Waals surface area contributed by atoms with Crippen molar-refractivity contribution in [1.29, 1.82) is 0 Å². The summed E-state index contributed by atoms with van der Waals surface area (Å²) >= 11 is 0. The van der Waals surface area contributed by atoms with Crippen LogP contribution in [0.25, 0.3) is 27.4 Å². The maximum atomic E-state index is 14.2. The summed E-state index contributed by atoms with van der Waals surface area (Å²) in [7, 11) is 1.83. The Morgan fingerprint density at radius 2 is 1.79 bits per heavy atom. The highest BCUT2D eigenvalue weighted by Crippen LogP contribution is 2.25. The molecule has 0 aliphatic heterocycles. The van der Waals surface area contributed by atoms with Crippen LogP contribution >= 0.6 is 0 Å². The molecule has 6 aromatic rings. The van der Waals surface area contributed by atoms with Gasteiger partial charge >= 0.3 is 0 Å². The average Bonchev–Trinajstić information content (AvgIpc) is 3.41. The molecule has 1 amide bonds. The Labute approximate surface area is 241 Å². The number of nitrogens with two attached hydrogens (primary N) is 1. The van der Waals surface area contributed by atoms with Gasteiger partial charge in [-0.05, 0) is 55.1 Å². The lowest BCUT2D eigenvalue weighted by molar-refractivity contribution is 0.0941. The summed E-state index contributed by atoms with van der Waals surface area (Å²) in [5, 5.41) is 9.11. The highest BCUT2D eigenvalue weighted by atomic mass is 16.2. The second kappa shape index (κ2) is 10.7. The van der Waals surface area contributed by atoms with Gasteiger partial charge in [0.15, 0.2) is 0 Å². The number of rotatable bonds is 4. The van der Waals surface area contributed by atoms with E-state index in [1.807, 2.05) is 87.8 Å². The number of nitrogens with zero attached hydrogens (tertiary/aromatic N) is 5. The van der Waals surface area contributed by atoms with Crippen LogP contribution in [0.15, 0.2) is 90.2 Å². The fourth-order valence-electron chi connectivity index (χ4n) is 5.06. The highest BCUT2D eigenvalue weighted by molar-refractivity contribution is 6.09. The number of nitrogens with one attached hydrogen (secondary N) is 1. The van der Waals surface area contributed by atoms with Crippen LogP contribution in [0.3, 0.4) is 0 Å². The van der Waals surface area contributed by atoms with Crippen LogP contribution in [0.2, 0.25) is 0 Å². The summed E-state index contributed by atoms with van der Waals surface area (Å²) in [6.07, 6.45) is 6.79. The standard InChI is InChI=1S/C33H27N7O2/c1-20-14-25-18-36-31(34)29(30(25)35-16-20)32(41)38-21(2)27-15-24-9-7-8-23(13-12-22-17-37-39(3)19-22)28(24)33(42)40(27)26-10-5-4-6-11-26/h4-11,14-19,21H,1-3H3,(H2,34,36)(H,38,41)/t21-/m0/s1. The zero-order chi connectivity index (χ0) is 29.4. The number of aryl methyl sites for hydroxylation is 2. The molecular formula is C33H27N7O2. The Morgan fingerprint density at radius 1 is 0.976 bits per heavy atom. The third kappa shape index (κ3) is 4.86. The molecule has 0 unspecified atom stereocenters. The van der Waals surface area contributed by atoms with E-state index in [4.69, 9.17) is 5.73 Å². The molecule has 2 aromatic carbocycles. The van der Waals surface area contributed by atoms with Crippen molar-refractivity contribution in [2.45, 2.75) is 19.9 Å². The Kier molecular flexibility index (Phi) is 6.73. The van der Waals surface area contributed by atoms with Crippen molar-refractivity contribution in [3.63, 3.8) is 0 Å². The quantitative estimate of drug-likeness (QED) is 0.311. The molecule has 1 atom stereocenters. The number of aromatic nitrogens is 5. The normalized spacial score (nSPS) is 11.7. The molecule has 0 radical (unpaired) electrons. The lowest BCUT2D eigenvalue weighted by Gasteiger charge is -2.21. The first-order valence-electron chi connectivity index (χ1n) is 13.4. The molecule has 9 nitrogen and oxygen atoms in total. The molecule has 0 spiro atoms. The number of amides is 1. The van der Waals surface area contributed by atoms with Crippen LogP contribution in [0, 0.1) is 18.8 Å². The van der Waals surface area contributed by atoms with Crippen LogP contribution in [-0.4, -0.2) is 30.2 Å². The van der Waals surface area contributed by atoms with Gasteiger partial charge in [0.2, 0.25) is 0 Å². The summed E-state index contributed by atoms with van der Waals surface area (Å²) in [5.74, 6) is 5.91. The molecule has 0 bridgehead atoms. The number of nitrogen functional groups attached to an aromatic ring is 1. The average molecular weight is 554 g/mol. The molecule has 0 aliphatic rings. The van der Waals surface area contributed by atoms with Crippen LogP contribution in [0.4, 0.5) is 5.82 Å². The van der Waals surface area contributed by atoms with E-state index in [9.17, 15) is 9.59 Å². The van der Waals surface area contributed by atoms with E-state index in [1.54, 1.807) is 27.8 Å². The van der Waals surface area contributed by atoms with Gasteiger partial charge in [-0.3, -0.25) is 23.8 Å². The Balaban J connectivity index is 1.48. The molecule has 0 aliphatic carbocycles. The topological polar surface area (TPSA) is 121 Å². The first kappa shape index (κ1) is 26.5. The number of anilines is 1. The summed E-state index contributed by atoms with van der Waals surface area (Å²) in [4.78, 5) is 36.6. The number of carbonyl (C=O) groups is 1. The third-order valence-electron chi connectivity index (χ3n) is 7.04. The van der Waals surface area contributed by atoms with Crippen molar-refractivity contribution in [3.8, 4) is 17.5 Å². The highest BCUT2D eigenvalue weighted by Gasteiger charge is 2.23. The summed E-state index contributed by atoms with van der Waals surface area (Å²) in [6, 6.07) is 18.1. The number of fused-ring (bicyclic) bond motifs is 2. The molecular weight excluding hydrogens is 526 g/mol. The maximum Gasteiger partial charge on any atom is 0.264 e. The number of pyridine rings is 3. The van der Waals surface area contributed by atoms with Crippen molar-refractivity contribution in [2.75, 3.05) is 5.73 Å². The Morgan fingerprint density at radius 3 is 2.55 bits per heavy atom. The van der Waals surface area contributed by atoms with Crippen LogP contribution in [0.5, 0.6) is 0 Å². The minimum absolute atomic E-state index is 0.0827. The first-order valence-corrected chi connectivity index (χ1v) is 13.4. The van der Waals surface area contributed by atoms with Crippen molar-refractivity contribution in [1.82, 2.24) is 29.6 Å². The second-order valence-corrected chi connectivity index (χ2v) is 10.1. The van der Waals surface area contributed by atoms with Crippen LogP contribution in [0.1, 0.15) is 45.7 Å². The van der Waals surface area contributed by atoms with E-state index in [2.05, 4.69) is 32.2 Å². The minimum Gasteiger partial charge on any atom is -0.383 e. The molecule has 0 saturated heterocycles. The molecule has 6 rings (SSSR count). The van der Waals surface area contributed by atoms with Gasteiger partial charge in [0, 0.05) is 48.0 Å². The van der Waals surface area contributed by atoms with Gasteiger partial charge in [-0.2, -0.15) is 5.10 Å². The largest absolute Gasteiger partial charge is 0.383 e. The van der Waals surface area contributed by atoms with Gasteiger partial charge in [-0.25, -0.2) is 4.98 Å². The zero-order valence-electron chi connectivity index (χ0n) is 23.3. The smallest absolute Gasteiger partial charge is 0.264 e. The van der Waals surface area contributed by atoms with Crippen molar-refractivity contribution in [3.05, 3.63) is 124 Å². The van der Waals surface area contributed by atoms with Gasteiger partial charge < -0.3 is 11.1 Å². The molecule has 4 heterocycles. The van der Waals surface area contributed by atoms with Gasteiger partial charge in [-0.15, -0.1) is 0 Å². The van der Waals surface area contributed by atoms with E-state index in [0.29, 0.717) is 38.6 Å². The molecule has 206 valence electrons. The predicted octanol–water partition coefficient (Wildman–Crippen LogP) is 4.45. The van der Waals surface area contributed by atoms with E-state index < -0.39 is 11.9 Å². The second-order valence-electron chi connectivity index (χ2n) is 10.1. The summed E-state index contributed by atoms with van der Waals surface area (Å²) < 4.78 is 3.30. The minimum atomic E-state index is -0.583. The van der Waals surface area contributed by atoms with Crippen molar-refractivity contribution in [2.24, 2.45) is 7.05 Å². The molecule has 0 saturated carbocycles. The fraction of sp³-hybridized carbons (Fsp3) is 0.121. The van der Waals surface area contributed by atoms with Crippen molar-refractivity contribution >= 4 is 33.4 Å². The monoisotopic (exact) mass is 553 g/mol. The van der Waals surface area contributed by atoms with E-state index >= 15 is 0 Å². The van der Waals surface area contributed by atoms with Gasteiger partial charge in [-0.1, -0.05) is 42.2 Å². The lowest BCUT2D eigenvalue weighted by atomic mass is 10.0. The molecule has 4 aromatic heterocycles. The fourth-order valence-corrected chi connectivity index (χ4v) is 5.06. The van der Waals surface area contributed by atoms with Crippen LogP contribution < -0.4 is 16.6 Å². The van der Waals surface area contributed by atoms with E-state index in [-0.39, 0.29) is 16.9 Å². The Hall–Kier alpha value is -5.75. The number of benzene rings is 2. The SMILES string of the molecule is Cc1cnc2c(C(=O)N[C@@H](C)c3cc4cccc(C#Cc5cnn(C)c5)c4c(=O)n3-c3ccccc3)c(N)ncc2c1. The number of carbonyl (C=O) groups excluding carboxylic acids is 1. The van der Waals surface area contributed by atoms with Gasteiger partial charge in [0.05, 0.1) is 28.7 Å². The molecule has 42 heavy (non-hydrogen) atoms. The Bertz CT molecular complexity index is 2120. The van der Waals surface area contributed by atoms with E-state index in [0.717, 1.165) is 11.1 Å². The first-order chi connectivity index (χ1) is 20.3. The van der Waals surface area contributed by atoms with Gasteiger partial charge in [0.25, 0.3) is 11.5 Å². The zero-order valence-corrected chi connectivity index (χ0v) is 23.3. The van der Waals surface area contributed by atoms with E-state index in [1.165, 1.54) is 0 Å². The summed E-state index contributed by atoms with van der Waals surface area (Å²) in [6.45, 7) is 3.75. The maximum absolute atomic E-state index is 14.2. The molecule has 9 heteroatoms. The molecule has 3 N–H and O–H groups in total. The third-order valence-corrected chi connectivity index (χ3v) is 7.04. The number of hydrogen-bond donors (Lipinski definition) is 2. The lowest BCUT2D eigenvalue weighted by Crippen LogP contribution is -2.33.